The van der Waals surface area contributed by atoms with Crippen molar-refractivity contribution in [2.75, 3.05) is 58.4 Å². The zero-order valence-corrected chi connectivity index (χ0v) is 30.6. The Bertz CT molecular complexity index is 1990. The Morgan fingerprint density at radius 2 is 1.75 bits per heavy atom. The van der Waals surface area contributed by atoms with E-state index in [4.69, 9.17) is 18.8 Å². The molecule has 0 atom stereocenters. The summed E-state index contributed by atoms with van der Waals surface area (Å²) < 4.78 is 42.2. The summed E-state index contributed by atoms with van der Waals surface area (Å²) in [5, 5.41) is 4.71. The third-order valence-corrected chi connectivity index (χ3v) is 10.7. The van der Waals surface area contributed by atoms with Crippen LogP contribution in [0.25, 0.3) is 16.5 Å². The predicted octanol–water partition coefficient (Wildman–Crippen LogP) is 3.88. The number of fused-ring (bicyclic) bond motifs is 1. The van der Waals surface area contributed by atoms with E-state index in [1.54, 1.807) is 59.3 Å². The van der Waals surface area contributed by atoms with Gasteiger partial charge in [-0.3, -0.25) is 14.3 Å². The second-order valence-electron chi connectivity index (χ2n) is 14.4. The van der Waals surface area contributed by atoms with Crippen LogP contribution in [0.3, 0.4) is 0 Å². The molecule has 3 aromatic heterocycles. The molecule has 1 N–H and O–H groups in total. The SMILES string of the molecule is COc1cnc(N2CCN(C(=O)c3cc4c(B5OC(C)(C)C(C)(C)O5)cc(C5=CCCN(C(=O)CCn6cccn6)C5)c(F)c4[nH]3)CC2)c(OC)c1. The van der Waals surface area contributed by atoms with Gasteiger partial charge in [-0.25, -0.2) is 9.37 Å². The Labute approximate surface area is 302 Å². The van der Waals surface area contributed by atoms with Gasteiger partial charge in [0.1, 0.15) is 11.4 Å². The number of H-pyrrole nitrogens is 1. The van der Waals surface area contributed by atoms with E-state index in [1.807, 2.05) is 46.0 Å². The number of halogens is 1. The molecule has 3 aliphatic heterocycles. The van der Waals surface area contributed by atoms with Crippen molar-refractivity contribution in [1.29, 1.82) is 0 Å². The van der Waals surface area contributed by atoms with E-state index in [9.17, 15) is 9.59 Å². The summed E-state index contributed by atoms with van der Waals surface area (Å²) in [6.45, 7) is 11.1. The second kappa shape index (κ2) is 13.9. The lowest BCUT2D eigenvalue weighted by atomic mass is 9.75. The number of hydrogen-bond acceptors (Lipinski definition) is 9. The monoisotopic (exact) mass is 713 g/mol. The van der Waals surface area contributed by atoms with Crippen molar-refractivity contribution in [3.8, 4) is 11.5 Å². The van der Waals surface area contributed by atoms with Crippen LogP contribution in [0, 0.1) is 5.82 Å². The number of aromatic nitrogens is 4. The van der Waals surface area contributed by atoms with Gasteiger partial charge in [0.15, 0.2) is 17.4 Å². The largest absolute Gasteiger partial charge is 0.495 e. The lowest BCUT2D eigenvalue weighted by Gasteiger charge is -2.35. The number of nitrogens with one attached hydrogen (secondary N) is 1. The summed E-state index contributed by atoms with van der Waals surface area (Å²) in [7, 11) is 2.35. The Balaban J connectivity index is 1.16. The number of anilines is 1. The van der Waals surface area contributed by atoms with Crippen LogP contribution in [0.4, 0.5) is 10.2 Å². The molecule has 0 aliphatic carbocycles. The highest BCUT2D eigenvalue weighted by Gasteiger charge is 2.52. The van der Waals surface area contributed by atoms with Gasteiger partial charge in [-0.05, 0) is 57.3 Å². The van der Waals surface area contributed by atoms with E-state index in [-0.39, 0.29) is 36.0 Å². The highest BCUT2D eigenvalue weighted by Crippen LogP contribution is 2.38. The van der Waals surface area contributed by atoms with Gasteiger partial charge in [0.25, 0.3) is 5.91 Å². The van der Waals surface area contributed by atoms with Crippen LogP contribution in [-0.2, 0) is 20.6 Å². The van der Waals surface area contributed by atoms with E-state index in [1.165, 1.54) is 0 Å². The van der Waals surface area contributed by atoms with Crippen LogP contribution in [0.1, 0.15) is 56.6 Å². The Morgan fingerprint density at radius 3 is 2.42 bits per heavy atom. The fourth-order valence-electron chi connectivity index (χ4n) is 6.96. The number of hydrogen-bond donors (Lipinski definition) is 1. The summed E-state index contributed by atoms with van der Waals surface area (Å²) in [6, 6.07) is 7.07. The number of carbonyl (C=O) groups excluding carboxylic acids is 2. The Kier molecular flexibility index (Phi) is 9.51. The van der Waals surface area contributed by atoms with Crippen molar-refractivity contribution in [2.45, 2.75) is 58.3 Å². The van der Waals surface area contributed by atoms with Crippen LogP contribution < -0.4 is 19.8 Å². The molecular weight excluding hydrogens is 668 g/mol. The number of pyridine rings is 1. The topological polar surface area (TPSA) is 127 Å². The molecule has 7 rings (SSSR count). The molecular formula is C37H45BFN7O6. The number of ether oxygens (including phenoxy) is 2. The second-order valence-corrected chi connectivity index (χ2v) is 14.4. The van der Waals surface area contributed by atoms with E-state index in [2.05, 4.69) is 20.0 Å². The van der Waals surface area contributed by atoms with Crippen LogP contribution in [0.5, 0.6) is 11.5 Å². The number of aryl methyl sites for hydroxylation is 1. The molecule has 0 radical (unpaired) electrons. The maximum Gasteiger partial charge on any atom is 0.495 e. The third-order valence-electron chi connectivity index (χ3n) is 10.7. The molecule has 2 amide bonds. The molecule has 2 fully saturated rings. The molecule has 4 aromatic rings. The van der Waals surface area contributed by atoms with Gasteiger partial charge in [-0.1, -0.05) is 12.1 Å². The summed E-state index contributed by atoms with van der Waals surface area (Å²) >= 11 is 0. The first kappa shape index (κ1) is 35.5. The fourth-order valence-corrected chi connectivity index (χ4v) is 6.96. The zero-order chi connectivity index (χ0) is 36.8. The van der Waals surface area contributed by atoms with E-state index < -0.39 is 24.1 Å². The number of amides is 2. The van der Waals surface area contributed by atoms with Crippen molar-refractivity contribution in [1.82, 2.24) is 29.5 Å². The van der Waals surface area contributed by atoms with Gasteiger partial charge in [0.2, 0.25) is 5.91 Å². The number of methoxy groups -OCH3 is 2. The van der Waals surface area contributed by atoms with Gasteiger partial charge in [-0.2, -0.15) is 5.10 Å². The van der Waals surface area contributed by atoms with E-state index >= 15 is 4.39 Å². The average Bonchev–Trinajstić information content (AvgIpc) is 3.89. The first-order chi connectivity index (χ1) is 24.9. The summed E-state index contributed by atoms with van der Waals surface area (Å²) in [6.07, 6.45) is 8.00. The van der Waals surface area contributed by atoms with Crippen LogP contribution in [0.2, 0.25) is 0 Å². The van der Waals surface area contributed by atoms with Crippen molar-refractivity contribution in [3.05, 3.63) is 66.0 Å². The molecule has 0 bridgehead atoms. The molecule has 6 heterocycles. The molecule has 2 saturated heterocycles. The standard InChI is InChI=1S/C37H45BFN7O6/c1-36(2)37(3,4)52-38(51-36)28-20-26(24-9-7-12-45(23-24)31(47)10-14-46-13-8-11-41-46)32(39)33-27(28)21-29(42-33)35(48)44-17-15-43(16-18-44)34-30(50-6)19-25(49-5)22-40-34/h8-9,11,13,19-22,42H,7,10,12,14-18,23H2,1-6H3. The first-order valence-corrected chi connectivity index (χ1v) is 17.7. The summed E-state index contributed by atoms with van der Waals surface area (Å²) in [5.74, 6) is 1.10. The van der Waals surface area contributed by atoms with Crippen LogP contribution >= 0.6 is 0 Å². The molecule has 13 nitrogen and oxygen atoms in total. The minimum atomic E-state index is -0.808. The zero-order valence-electron chi connectivity index (χ0n) is 30.6. The highest BCUT2D eigenvalue weighted by atomic mass is 19.1. The molecule has 52 heavy (non-hydrogen) atoms. The minimum absolute atomic E-state index is 0.0252. The predicted molar refractivity (Wildman–Crippen MR) is 195 cm³/mol. The van der Waals surface area contributed by atoms with Crippen LogP contribution in [0.15, 0.2) is 48.9 Å². The maximum atomic E-state index is 16.7. The number of piperazine rings is 1. The number of nitrogens with zero attached hydrogens (tertiary/aromatic N) is 6. The quantitative estimate of drug-likeness (QED) is 0.257. The number of benzene rings is 1. The molecule has 0 unspecified atom stereocenters. The molecule has 15 heteroatoms. The van der Waals surface area contributed by atoms with Crippen molar-refractivity contribution >= 4 is 46.7 Å². The fraction of sp³-hybridized carbons (Fsp3) is 0.459. The maximum absolute atomic E-state index is 16.7. The van der Waals surface area contributed by atoms with Gasteiger partial charge >= 0.3 is 7.12 Å². The van der Waals surface area contributed by atoms with Gasteiger partial charge in [0.05, 0.1) is 37.1 Å². The van der Waals surface area contributed by atoms with Crippen molar-refractivity contribution in [2.24, 2.45) is 0 Å². The molecule has 274 valence electrons. The third kappa shape index (κ3) is 6.63. The van der Waals surface area contributed by atoms with Gasteiger partial charge in [-0.15, -0.1) is 0 Å². The normalized spacial score (nSPS) is 18.6. The number of aromatic amines is 1. The number of rotatable bonds is 9. The Hall–Kier alpha value is -4.89. The van der Waals surface area contributed by atoms with E-state index in [0.717, 1.165) is 0 Å². The minimum Gasteiger partial charge on any atom is -0.495 e. The Morgan fingerprint density at radius 1 is 1.00 bits per heavy atom. The molecule has 0 saturated carbocycles. The lowest BCUT2D eigenvalue weighted by Crippen LogP contribution is -2.49. The summed E-state index contributed by atoms with van der Waals surface area (Å²) in [4.78, 5) is 40.5. The van der Waals surface area contributed by atoms with Crippen molar-refractivity contribution < 1.29 is 32.8 Å². The van der Waals surface area contributed by atoms with Crippen molar-refractivity contribution in [3.63, 3.8) is 0 Å². The van der Waals surface area contributed by atoms with Gasteiger partial charge in [0, 0.05) is 81.6 Å². The highest BCUT2D eigenvalue weighted by molar-refractivity contribution is 6.65. The molecule has 1 aromatic carbocycles. The summed E-state index contributed by atoms with van der Waals surface area (Å²) in [5.41, 5.74) is 0.831. The first-order valence-electron chi connectivity index (χ1n) is 17.7. The lowest BCUT2D eigenvalue weighted by molar-refractivity contribution is -0.131. The smallest absolute Gasteiger partial charge is 0.495 e. The molecule has 0 spiro atoms. The van der Waals surface area contributed by atoms with E-state index in [0.29, 0.717) is 85.0 Å². The van der Waals surface area contributed by atoms with Crippen LogP contribution in [-0.4, -0.2) is 113 Å². The average molecular weight is 714 g/mol. The van der Waals surface area contributed by atoms with Gasteiger partial charge < -0.3 is 38.5 Å². The number of carbonyl (C=O) groups is 2. The molecule has 3 aliphatic rings.